The van der Waals surface area contributed by atoms with Crippen molar-refractivity contribution in [2.75, 3.05) is 19.7 Å². The van der Waals surface area contributed by atoms with Crippen LogP contribution in [0.25, 0.3) is 0 Å². The highest BCUT2D eigenvalue weighted by Crippen LogP contribution is 2.07. The second kappa shape index (κ2) is 4.44. The molecule has 1 atom stereocenters. The van der Waals surface area contributed by atoms with Gasteiger partial charge in [0.25, 0.3) is 0 Å². The molecule has 1 aliphatic rings. The number of aryl methyl sites for hydroxylation is 1. The predicted molar refractivity (Wildman–Crippen MR) is 51.7 cm³/mol. The van der Waals surface area contributed by atoms with Gasteiger partial charge in [-0.05, 0) is 24.5 Å². The van der Waals surface area contributed by atoms with Gasteiger partial charge in [-0.25, -0.2) is 0 Å². The number of aromatic nitrogens is 1. The first kappa shape index (κ1) is 8.78. The molecule has 1 saturated heterocycles. The fourth-order valence-electron chi connectivity index (χ4n) is 1.65. The molecule has 3 nitrogen and oxygen atoms in total. The number of aromatic amines is 1. The highest BCUT2D eigenvalue weighted by Gasteiger charge is 2.12. The third kappa shape index (κ3) is 2.57. The lowest BCUT2D eigenvalue weighted by Gasteiger charge is -2.23. The first-order valence-electron chi connectivity index (χ1n) is 4.89. The van der Waals surface area contributed by atoms with Crippen molar-refractivity contribution in [3.8, 4) is 0 Å². The van der Waals surface area contributed by atoms with Crippen LogP contribution in [0.5, 0.6) is 0 Å². The van der Waals surface area contributed by atoms with Crippen LogP contribution in [-0.2, 0) is 11.2 Å². The van der Waals surface area contributed by atoms with Crippen molar-refractivity contribution in [2.45, 2.75) is 18.9 Å². The third-order valence-electron chi connectivity index (χ3n) is 2.42. The third-order valence-corrected chi connectivity index (χ3v) is 2.42. The average Bonchev–Trinajstić information content (AvgIpc) is 2.69. The molecule has 0 amide bonds. The molecular weight excluding hydrogens is 164 g/mol. The lowest BCUT2D eigenvalue weighted by Crippen LogP contribution is -2.38. The molecular formula is C10H16N2O. The van der Waals surface area contributed by atoms with E-state index in [0.717, 1.165) is 32.5 Å². The fourth-order valence-corrected chi connectivity index (χ4v) is 1.65. The van der Waals surface area contributed by atoms with Gasteiger partial charge in [0.05, 0.1) is 12.7 Å². The van der Waals surface area contributed by atoms with Crippen molar-refractivity contribution in [2.24, 2.45) is 0 Å². The maximum absolute atomic E-state index is 5.60. The molecule has 72 valence electrons. The van der Waals surface area contributed by atoms with E-state index < -0.39 is 0 Å². The van der Waals surface area contributed by atoms with Gasteiger partial charge in [0.15, 0.2) is 0 Å². The van der Waals surface area contributed by atoms with E-state index in [1.54, 1.807) is 0 Å². The van der Waals surface area contributed by atoms with E-state index in [2.05, 4.69) is 22.6 Å². The summed E-state index contributed by atoms with van der Waals surface area (Å²) in [5.41, 5.74) is 1.37. The maximum atomic E-state index is 5.60. The SMILES string of the molecule is c1cc(CCC2CNCCO2)c[nH]1. The van der Waals surface area contributed by atoms with Gasteiger partial charge in [-0.1, -0.05) is 0 Å². The monoisotopic (exact) mass is 180 g/mol. The van der Waals surface area contributed by atoms with Crippen LogP contribution in [0.2, 0.25) is 0 Å². The Morgan fingerprint density at radius 3 is 3.23 bits per heavy atom. The Morgan fingerprint density at radius 1 is 1.54 bits per heavy atom. The normalized spacial score (nSPS) is 23.2. The number of hydrogen-bond donors (Lipinski definition) is 2. The molecule has 0 radical (unpaired) electrons. The van der Waals surface area contributed by atoms with Crippen LogP contribution in [0.4, 0.5) is 0 Å². The van der Waals surface area contributed by atoms with E-state index >= 15 is 0 Å². The maximum Gasteiger partial charge on any atom is 0.0703 e. The van der Waals surface area contributed by atoms with Gasteiger partial charge < -0.3 is 15.0 Å². The summed E-state index contributed by atoms with van der Waals surface area (Å²) in [4.78, 5) is 3.06. The fraction of sp³-hybridized carbons (Fsp3) is 0.600. The topological polar surface area (TPSA) is 37.0 Å². The Kier molecular flexibility index (Phi) is 3.00. The molecule has 0 bridgehead atoms. The van der Waals surface area contributed by atoms with E-state index in [1.165, 1.54) is 5.56 Å². The highest BCUT2D eigenvalue weighted by atomic mass is 16.5. The number of H-pyrrole nitrogens is 1. The van der Waals surface area contributed by atoms with Gasteiger partial charge in [-0.2, -0.15) is 0 Å². The predicted octanol–water partition coefficient (Wildman–Crippen LogP) is 0.936. The Balaban J connectivity index is 1.72. The molecule has 1 fully saturated rings. The first-order valence-corrected chi connectivity index (χ1v) is 4.89. The zero-order valence-electron chi connectivity index (χ0n) is 7.75. The van der Waals surface area contributed by atoms with E-state index in [-0.39, 0.29) is 0 Å². The molecule has 2 N–H and O–H groups in total. The molecule has 0 aliphatic carbocycles. The van der Waals surface area contributed by atoms with E-state index in [4.69, 9.17) is 4.74 Å². The molecule has 0 saturated carbocycles. The van der Waals surface area contributed by atoms with E-state index in [1.807, 2.05) is 6.20 Å². The Labute approximate surface area is 78.5 Å². The van der Waals surface area contributed by atoms with Crippen LogP contribution in [0, 0.1) is 0 Å². The van der Waals surface area contributed by atoms with Crippen molar-refractivity contribution < 1.29 is 4.74 Å². The van der Waals surface area contributed by atoms with Crippen LogP contribution >= 0.6 is 0 Å². The van der Waals surface area contributed by atoms with Crippen molar-refractivity contribution >= 4 is 0 Å². The average molecular weight is 180 g/mol. The molecule has 2 heterocycles. The Hall–Kier alpha value is -0.800. The molecule has 1 aliphatic heterocycles. The quantitative estimate of drug-likeness (QED) is 0.726. The van der Waals surface area contributed by atoms with Crippen molar-refractivity contribution in [1.29, 1.82) is 0 Å². The molecule has 1 aromatic rings. The first-order chi connectivity index (χ1) is 6.45. The summed E-state index contributed by atoms with van der Waals surface area (Å²) in [6.45, 7) is 2.86. The largest absolute Gasteiger partial charge is 0.376 e. The molecule has 0 aromatic carbocycles. The number of morpholine rings is 1. The summed E-state index contributed by atoms with van der Waals surface area (Å²) in [6.07, 6.45) is 6.65. The minimum atomic E-state index is 0.406. The number of rotatable bonds is 3. The van der Waals surface area contributed by atoms with Crippen LogP contribution < -0.4 is 5.32 Å². The lowest BCUT2D eigenvalue weighted by atomic mass is 10.1. The second-order valence-electron chi connectivity index (χ2n) is 3.45. The molecule has 0 spiro atoms. The van der Waals surface area contributed by atoms with Gasteiger partial charge in [0, 0.05) is 25.5 Å². The van der Waals surface area contributed by atoms with Crippen LogP contribution in [-0.4, -0.2) is 30.8 Å². The molecule has 2 rings (SSSR count). The summed E-state index contributed by atoms with van der Waals surface area (Å²) in [5, 5.41) is 3.33. The molecule has 1 aromatic heterocycles. The van der Waals surface area contributed by atoms with Gasteiger partial charge >= 0.3 is 0 Å². The Bertz CT molecular complexity index is 227. The summed E-state index contributed by atoms with van der Waals surface area (Å²) >= 11 is 0. The van der Waals surface area contributed by atoms with Gasteiger partial charge in [-0.3, -0.25) is 0 Å². The van der Waals surface area contributed by atoms with Crippen LogP contribution in [0.3, 0.4) is 0 Å². The van der Waals surface area contributed by atoms with Gasteiger partial charge in [-0.15, -0.1) is 0 Å². The zero-order valence-corrected chi connectivity index (χ0v) is 7.75. The molecule has 1 unspecified atom stereocenters. The summed E-state index contributed by atoms with van der Waals surface area (Å²) < 4.78 is 5.60. The van der Waals surface area contributed by atoms with Crippen LogP contribution in [0.15, 0.2) is 18.5 Å². The summed E-state index contributed by atoms with van der Waals surface area (Å²) in [5.74, 6) is 0. The number of nitrogens with one attached hydrogen (secondary N) is 2. The molecule has 13 heavy (non-hydrogen) atoms. The minimum absolute atomic E-state index is 0.406. The van der Waals surface area contributed by atoms with Gasteiger partial charge in [0.1, 0.15) is 0 Å². The zero-order chi connectivity index (χ0) is 8.93. The minimum Gasteiger partial charge on any atom is -0.376 e. The lowest BCUT2D eigenvalue weighted by molar-refractivity contribution is 0.0238. The van der Waals surface area contributed by atoms with Crippen molar-refractivity contribution in [3.05, 3.63) is 24.0 Å². The van der Waals surface area contributed by atoms with Crippen LogP contribution in [0.1, 0.15) is 12.0 Å². The second-order valence-corrected chi connectivity index (χ2v) is 3.45. The van der Waals surface area contributed by atoms with Crippen molar-refractivity contribution in [3.63, 3.8) is 0 Å². The van der Waals surface area contributed by atoms with E-state index in [0.29, 0.717) is 6.10 Å². The smallest absolute Gasteiger partial charge is 0.0703 e. The molecule has 3 heteroatoms. The number of ether oxygens (including phenoxy) is 1. The van der Waals surface area contributed by atoms with Gasteiger partial charge in [0.2, 0.25) is 0 Å². The summed E-state index contributed by atoms with van der Waals surface area (Å²) in [7, 11) is 0. The number of hydrogen-bond acceptors (Lipinski definition) is 2. The van der Waals surface area contributed by atoms with E-state index in [9.17, 15) is 0 Å². The highest BCUT2D eigenvalue weighted by molar-refractivity contribution is 5.08. The van der Waals surface area contributed by atoms with Crippen molar-refractivity contribution in [1.82, 2.24) is 10.3 Å². The Morgan fingerprint density at radius 2 is 2.54 bits per heavy atom. The standard InChI is InChI=1S/C10H16N2O/c1(9-3-4-11-7-9)2-10-8-12-5-6-13-10/h3-4,7,10-12H,1-2,5-6,8H2. The summed E-state index contributed by atoms with van der Waals surface area (Å²) in [6, 6.07) is 2.12.